The second-order valence-electron chi connectivity index (χ2n) is 7.48. The van der Waals surface area contributed by atoms with E-state index in [2.05, 4.69) is 4.98 Å². The molecule has 2 aromatic heterocycles. The number of hydrogen-bond acceptors (Lipinski definition) is 5. The lowest BCUT2D eigenvalue weighted by atomic mass is 10.1. The van der Waals surface area contributed by atoms with Crippen LogP contribution in [0.2, 0.25) is 0 Å². The second kappa shape index (κ2) is 8.50. The average Bonchev–Trinajstić information content (AvgIpc) is 3.15. The first-order chi connectivity index (χ1) is 15.4. The van der Waals surface area contributed by atoms with E-state index in [4.69, 9.17) is 4.74 Å². The van der Waals surface area contributed by atoms with Gasteiger partial charge in [0.15, 0.2) is 0 Å². The van der Waals surface area contributed by atoms with Crippen molar-refractivity contribution in [3.05, 3.63) is 82.2 Å². The Kier molecular flexibility index (Phi) is 5.59. The summed E-state index contributed by atoms with van der Waals surface area (Å²) in [7, 11) is 3.78. The molecule has 0 aliphatic heterocycles. The summed E-state index contributed by atoms with van der Waals surface area (Å²) < 4.78 is 7.27. The van der Waals surface area contributed by atoms with Crippen molar-refractivity contribution in [3.8, 4) is 5.69 Å². The highest BCUT2D eigenvalue weighted by Crippen LogP contribution is 2.27. The molecule has 1 N–H and O–H groups in total. The number of ether oxygens (including phenoxy) is 1. The van der Waals surface area contributed by atoms with Gasteiger partial charge in [-0.15, -0.1) is 0 Å². The van der Waals surface area contributed by atoms with Crippen molar-refractivity contribution in [1.82, 2.24) is 9.88 Å². The Morgan fingerprint density at radius 3 is 2.53 bits per heavy atom. The van der Waals surface area contributed by atoms with Gasteiger partial charge < -0.3 is 14.6 Å². The molecule has 0 radical (unpaired) electrons. The van der Waals surface area contributed by atoms with Gasteiger partial charge in [-0.05, 0) is 25.1 Å². The maximum atomic E-state index is 12.9. The molecule has 4 rings (SSSR count). The molecule has 0 amide bonds. The van der Waals surface area contributed by atoms with Crippen molar-refractivity contribution < 1.29 is 19.0 Å². The van der Waals surface area contributed by atoms with Crippen LogP contribution in [0, 0.1) is 10.1 Å². The van der Waals surface area contributed by atoms with Gasteiger partial charge in [0, 0.05) is 50.6 Å². The van der Waals surface area contributed by atoms with Crippen LogP contribution in [0.4, 0.5) is 5.69 Å². The molecule has 0 saturated carbocycles. The highest BCUT2D eigenvalue weighted by Gasteiger charge is 2.29. The number of fused-ring (bicyclic) bond motifs is 3. The summed E-state index contributed by atoms with van der Waals surface area (Å²) in [5.74, 6) is -0.442. The number of non-ortho nitro benzene ring substituents is 1. The van der Waals surface area contributed by atoms with Crippen molar-refractivity contribution in [3.63, 3.8) is 0 Å². The first kappa shape index (κ1) is 21.0. The van der Waals surface area contributed by atoms with Gasteiger partial charge in [0.2, 0.25) is 16.9 Å². The van der Waals surface area contributed by atoms with E-state index in [1.807, 2.05) is 60.1 Å². The first-order valence-corrected chi connectivity index (χ1v) is 10.2. The van der Waals surface area contributed by atoms with Gasteiger partial charge in [0.25, 0.3) is 5.69 Å². The normalized spacial score (nSPS) is 11.3. The third-order valence-corrected chi connectivity index (χ3v) is 5.08. The lowest BCUT2D eigenvalue weighted by Gasteiger charge is -2.09. The summed E-state index contributed by atoms with van der Waals surface area (Å²) in [5.41, 5.74) is 4.23. The lowest BCUT2D eigenvalue weighted by molar-refractivity contribution is -0.568. The highest BCUT2D eigenvalue weighted by atomic mass is 16.6. The topological polar surface area (TPSA) is 92.4 Å². The third kappa shape index (κ3) is 3.78. The number of hydrogen-bond donors (Lipinski definition) is 1. The maximum absolute atomic E-state index is 12.9. The highest BCUT2D eigenvalue weighted by molar-refractivity contribution is 6.05. The number of carbonyl (C=O) groups is 1. The zero-order valence-electron chi connectivity index (χ0n) is 18.0. The lowest BCUT2D eigenvalue weighted by Crippen LogP contribution is -2.37. The van der Waals surface area contributed by atoms with Crippen LogP contribution in [-0.2, 0) is 4.74 Å². The van der Waals surface area contributed by atoms with Crippen molar-refractivity contribution in [2.24, 2.45) is 0 Å². The van der Waals surface area contributed by atoms with Crippen molar-refractivity contribution in [2.75, 3.05) is 20.7 Å². The summed E-state index contributed by atoms with van der Waals surface area (Å²) in [6.45, 7) is 2.01. The van der Waals surface area contributed by atoms with Crippen LogP contribution in [0.3, 0.4) is 0 Å². The molecule has 0 atom stereocenters. The molecular weight excluding hydrogens is 408 g/mol. The Balaban J connectivity index is 2.13. The van der Waals surface area contributed by atoms with Gasteiger partial charge in [-0.25, -0.2) is 4.79 Å². The number of rotatable bonds is 6. The summed E-state index contributed by atoms with van der Waals surface area (Å²) in [6, 6.07) is 15.9. The number of H-pyrrole nitrogens is 1. The largest absolute Gasteiger partial charge is 0.462 e. The van der Waals surface area contributed by atoms with E-state index in [0.29, 0.717) is 16.9 Å². The van der Waals surface area contributed by atoms with Gasteiger partial charge in [-0.1, -0.05) is 12.1 Å². The second-order valence-corrected chi connectivity index (χ2v) is 7.48. The number of nitro benzene ring substituents is 1. The Labute approximate surface area is 184 Å². The van der Waals surface area contributed by atoms with Gasteiger partial charge in [0.1, 0.15) is 11.1 Å². The molecule has 162 valence electrons. The Morgan fingerprint density at radius 2 is 1.88 bits per heavy atom. The van der Waals surface area contributed by atoms with Crippen molar-refractivity contribution in [1.29, 1.82) is 0 Å². The summed E-state index contributed by atoms with van der Waals surface area (Å²) in [4.78, 5) is 28.9. The third-order valence-electron chi connectivity index (χ3n) is 5.08. The fraction of sp³-hybridized carbons (Fsp3) is 0.167. The Hall–Kier alpha value is -4.20. The monoisotopic (exact) mass is 431 g/mol. The fourth-order valence-electron chi connectivity index (χ4n) is 3.70. The first-order valence-electron chi connectivity index (χ1n) is 10.2. The van der Waals surface area contributed by atoms with E-state index in [1.54, 1.807) is 25.1 Å². The quantitative estimate of drug-likeness (QED) is 0.214. The molecule has 0 aliphatic carbocycles. The van der Waals surface area contributed by atoms with Crippen LogP contribution in [0.1, 0.15) is 23.0 Å². The molecule has 0 bridgehead atoms. The number of nitrogens with one attached hydrogen (secondary N) is 1. The van der Waals surface area contributed by atoms with E-state index < -0.39 is 10.9 Å². The van der Waals surface area contributed by atoms with Gasteiger partial charge in [0.05, 0.1) is 22.4 Å². The molecule has 8 heteroatoms. The molecule has 2 aromatic carbocycles. The molecule has 0 spiro atoms. The molecule has 0 saturated heterocycles. The minimum atomic E-state index is -0.442. The minimum absolute atomic E-state index is 0.00329. The number of aromatic nitrogens is 2. The standard InChI is InChI=1S/C24H22N4O4/c1-4-32-24(29)19-15-21-23(18-7-5-6-8-20(18)25-21)27(22(19)13-14-26(2)3)16-9-11-17(12-10-16)28(30)31/h5-15H,4H2,1-3H3/p+1/b14-13+. The summed E-state index contributed by atoms with van der Waals surface area (Å²) in [6.07, 6.45) is 3.69. The Morgan fingerprint density at radius 1 is 1.16 bits per heavy atom. The maximum Gasteiger partial charge on any atom is 0.345 e. The number of pyridine rings is 1. The molecule has 4 aromatic rings. The van der Waals surface area contributed by atoms with Crippen molar-refractivity contribution >= 4 is 39.7 Å². The number of para-hydroxylation sites is 1. The van der Waals surface area contributed by atoms with Crippen LogP contribution in [0.5, 0.6) is 0 Å². The number of carbonyl (C=O) groups excluding carboxylic acids is 1. The molecular formula is C24H23N4O4+. The van der Waals surface area contributed by atoms with Crippen LogP contribution in [-0.4, -0.2) is 41.5 Å². The number of benzene rings is 2. The number of nitrogens with zero attached hydrogens (tertiary/aromatic N) is 3. The predicted molar refractivity (Wildman–Crippen MR) is 123 cm³/mol. The molecule has 32 heavy (non-hydrogen) atoms. The van der Waals surface area contributed by atoms with Gasteiger partial charge in [-0.2, -0.15) is 4.57 Å². The van der Waals surface area contributed by atoms with E-state index in [-0.39, 0.29) is 12.3 Å². The summed E-state index contributed by atoms with van der Waals surface area (Å²) in [5, 5.41) is 12.1. The molecule has 2 heterocycles. The van der Waals surface area contributed by atoms with Gasteiger partial charge in [-0.3, -0.25) is 10.1 Å². The molecule has 0 fully saturated rings. The van der Waals surface area contributed by atoms with E-state index >= 15 is 0 Å². The van der Waals surface area contributed by atoms with E-state index in [1.165, 1.54) is 12.1 Å². The van der Waals surface area contributed by atoms with E-state index in [9.17, 15) is 14.9 Å². The Bertz CT molecular complexity index is 1350. The van der Waals surface area contributed by atoms with Crippen LogP contribution in [0.25, 0.3) is 33.7 Å². The van der Waals surface area contributed by atoms with Crippen LogP contribution < -0.4 is 4.57 Å². The molecule has 0 aliphatic rings. The van der Waals surface area contributed by atoms with Crippen LogP contribution in [0.15, 0.2) is 60.8 Å². The number of nitro groups is 1. The van der Waals surface area contributed by atoms with E-state index in [0.717, 1.165) is 21.9 Å². The SMILES string of the molecule is CCOC(=O)c1cc2[nH]c3ccccc3c2[n+](-c2ccc([N+](=O)[O-])cc2)c1/C=C/N(C)C. The number of aromatic amines is 1. The predicted octanol–water partition coefficient (Wildman–Crippen LogP) is 4.22. The van der Waals surface area contributed by atoms with Gasteiger partial charge >= 0.3 is 5.97 Å². The summed E-state index contributed by atoms with van der Waals surface area (Å²) >= 11 is 0. The van der Waals surface area contributed by atoms with Crippen LogP contribution >= 0.6 is 0 Å². The zero-order chi connectivity index (χ0) is 22.8. The number of esters is 1. The molecule has 8 nitrogen and oxygen atoms in total. The smallest absolute Gasteiger partial charge is 0.345 e. The average molecular weight is 431 g/mol. The molecule has 0 unspecified atom stereocenters. The fourth-order valence-corrected chi connectivity index (χ4v) is 3.70. The van der Waals surface area contributed by atoms with Crippen molar-refractivity contribution in [2.45, 2.75) is 6.92 Å². The minimum Gasteiger partial charge on any atom is -0.462 e. The zero-order valence-corrected chi connectivity index (χ0v) is 18.0.